The van der Waals surface area contributed by atoms with Gasteiger partial charge in [0.05, 0.1) is 13.2 Å². The smallest absolute Gasteiger partial charge is 0.240 e. The molecule has 0 N–H and O–H groups in total. The third-order valence-corrected chi connectivity index (χ3v) is 1.95. The van der Waals surface area contributed by atoms with Gasteiger partial charge in [0.25, 0.3) is 0 Å². The van der Waals surface area contributed by atoms with E-state index in [9.17, 15) is 9.59 Å². The molecule has 1 heterocycles. The van der Waals surface area contributed by atoms with E-state index in [1.165, 1.54) is 23.9 Å². The summed E-state index contributed by atoms with van der Waals surface area (Å²) in [7, 11) is 0. The van der Waals surface area contributed by atoms with E-state index in [-0.39, 0.29) is 18.0 Å². The van der Waals surface area contributed by atoms with Gasteiger partial charge >= 0.3 is 0 Å². The summed E-state index contributed by atoms with van der Waals surface area (Å²) in [4.78, 5) is 22.3. The molecule has 74 valence electrons. The minimum Gasteiger partial charge on any atom is -0.355 e. The molecule has 5 nitrogen and oxygen atoms in total. The van der Waals surface area contributed by atoms with Crippen molar-refractivity contribution in [1.82, 2.24) is 10.0 Å². The van der Waals surface area contributed by atoms with Crippen LogP contribution in [0.15, 0.2) is 0 Å². The van der Waals surface area contributed by atoms with Gasteiger partial charge in [-0.1, -0.05) is 0 Å². The third kappa shape index (κ3) is 1.98. The fourth-order valence-corrected chi connectivity index (χ4v) is 1.42. The van der Waals surface area contributed by atoms with E-state index < -0.39 is 0 Å². The largest absolute Gasteiger partial charge is 0.355 e. The molecule has 1 rings (SSSR count). The summed E-state index contributed by atoms with van der Waals surface area (Å²) in [5.41, 5.74) is 0. The number of hydrogen-bond donors (Lipinski definition) is 0. The summed E-state index contributed by atoms with van der Waals surface area (Å²) in [5.74, 6) is -0.312. The van der Waals surface area contributed by atoms with Crippen LogP contribution in [0.3, 0.4) is 0 Å². The number of amides is 2. The standard InChI is InChI=1S/C8H14N2O3/c1-6(11)9-4-5-13-8(3)10(9)7(2)12/h8H,4-5H2,1-3H3. The molecular weight excluding hydrogens is 172 g/mol. The first-order chi connectivity index (χ1) is 6.04. The second-order valence-corrected chi connectivity index (χ2v) is 2.98. The minimum atomic E-state index is -0.352. The monoisotopic (exact) mass is 186 g/mol. The molecule has 0 radical (unpaired) electrons. The first kappa shape index (κ1) is 9.98. The molecule has 0 spiro atoms. The Morgan fingerprint density at radius 1 is 1.31 bits per heavy atom. The van der Waals surface area contributed by atoms with Gasteiger partial charge in [-0.05, 0) is 6.92 Å². The van der Waals surface area contributed by atoms with Crippen LogP contribution in [0.2, 0.25) is 0 Å². The van der Waals surface area contributed by atoms with Gasteiger partial charge in [-0.2, -0.15) is 0 Å². The Bertz CT molecular complexity index is 229. The molecule has 13 heavy (non-hydrogen) atoms. The number of hydrazine groups is 1. The highest BCUT2D eigenvalue weighted by Crippen LogP contribution is 2.12. The van der Waals surface area contributed by atoms with E-state index in [2.05, 4.69) is 0 Å². The Labute approximate surface area is 77.2 Å². The van der Waals surface area contributed by atoms with Gasteiger partial charge in [0.2, 0.25) is 11.8 Å². The first-order valence-corrected chi connectivity index (χ1v) is 4.23. The fourth-order valence-electron chi connectivity index (χ4n) is 1.42. The van der Waals surface area contributed by atoms with Gasteiger partial charge in [-0.25, -0.2) is 10.0 Å². The van der Waals surface area contributed by atoms with Gasteiger partial charge in [0, 0.05) is 13.8 Å². The normalized spacial score (nSPS) is 23.2. The van der Waals surface area contributed by atoms with Crippen molar-refractivity contribution in [2.45, 2.75) is 27.0 Å². The van der Waals surface area contributed by atoms with Crippen molar-refractivity contribution in [2.75, 3.05) is 13.2 Å². The zero-order valence-electron chi connectivity index (χ0n) is 8.11. The molecule has 1 unspecified atom stereocenters. The molecule has 0 aromatic heterocycles. The van der Waals surface area contributed by atoms with Crippen LogP contribution < -0.4 is 0 Å². The highest BCUT2D eigenvalue weighted by molar-refractivity contribution is 5.79. The van der Waals surface area contributed by atoms with Crippen LogP contribution in [0.4, 0.5) is 0 Å². The average Bonchev–Trinajstić information content (AvgIpc) is 2.02. The van der Waals surface area contributed by atoms with Gasteiger partial charge in [0.1, 0.15) is 6.23 Å². The molecule has 0 aromatic carbocycles. The number of hydrogen-bond acceptors (Lipinski definition) is 3. The average molecular weight is 186 g/mol. The molecule has 1 saturated heterocycles. The molecule has 1 fully saturated rings. The van der Waals surface area contributed by atoms with Crippen molar-refractivity contribution >= 4 is 11.8 Å². The number of ether oxygens (including phenoxy) is 1. The van der Waals surface area contributed by atoms with Crippen LogP contribution in [-0.2, 0) is 14.3 Å². The first-order valence-electron chi connectivity index (χ1n) is 4.23. The van der Waals surface area contributed by atoms with Crippen molar-refractivity contribution < 1.29 is 14.3 Å². The van der Waals surface area contributed by atoms with E-state index in [1.54, 1.807) is 6.92 Å². The number of rotatable bonds is 0. The lowest BCUT2D eigenvalue weighted by atomic mass is 10.4. The summed E-state index contributed by atoms with van der Waals surface area (Å²) in [5, 5.41) is 2.75. The van der Waals surface area contributed by atoms with Gasteiger partial charge < -0.3 is 4.74 Å². The predicted molar refractivity (Wildman–Crippen MR) is 45.3 cm³/mol. The van der Waals surface area contributed by atoms with Crippen molar-refractivity contribution in [3.8, 4) is 0 Å². The fraction of sp³-hybridized carbons (Fsp3) is 0.750. The summed E-state index contributed by atoms with van der Waals surface area (Å²) < 4.78 is 5.24. The molecular formula is C8H14N2O3. The highest BCUT2D eigenvalue weighted by Gasteiger charge is 2.30. The maximum absolute atomic E-state index is 11.2. The van der Waals surface area contributed by atoms with E-state index in [0.717, 1.165) is 0 Å². The molecule has 2 amide bonds. The van der Waals surface area contributed by atoms with Gasteiger partial charge in [0.15, 0.2) is 0 Å². The summed E-state index contributed by atoms with van der Waals surface area (Å²) >= 11 is 0. The van der Waals surface area contributed by atoms with Crippen LogP contribution >= 0.6 is 0 Å². The number of carbonyl (C=O) groups is 2. The second kappa shape index (κ2) is 3.74. The van der Waals surface area contributed by atoms with E-state index in [1.807, 2.05) is 0 Å². The maximum Gasteiger partial charge on any atom is 0.240 e. The summed E-state index contributed by atoms with van der Waals surface area (Å²) in [6, 6.07) is 0. The Kier molecular flexibility index (Phi) is 2.87. The zero-order valence-corrected chi connectivity index (χ0v) is 8.11. The molecule has 1 aliphatic rings. The molecule has 0 aromatic rings. The molecule has 1 aliphatic heterocycles. The van der Waals surface area contributed by atoms with Crippen LogP contribution in [0.1, 0.15) is 20.8 Å². The molecule has 1 atom stereocenters. The lowest BCUT2D eigenvalue weighted by Crippen LogP contribution is -2.58. The van der Waals surface area contributed by atoms with Gasteiger partial charge in [-0.15, -0.1) is 0 Å². The molecule has 0 bridgehead atoms. The lowest BCUT2D eigenvalue weighted by Gasteiger charge is -2.41. The third-order valence-electron chi connectivity index (χ3n) is 1.95. The Morgan fingerprint density at radius 2 is 1.92 bits per heavy atom. The summed E-state index contributed by atoms with van der Waals surface area (Å²) in [6.07, 6.45) is -0.352. The van der Waals surface area contributed by atoms with Crippen LogP contribution in [-0.4, -0.2) is 41.2 Å². The highest BCUT2D eigenvalue weighted by atomic mass is 16.5. The van der Waals surface area contributed by atoms with Crippen molar-refractivity contribution in [3.63, 3.8) is 0 Å². The minimum absolute atomic E-state index is 0.134. The Balaban J connectivity index is 2.80. The topological polar surface area (TPSA) is 49.9 Å². The van der Waals surface area contributed by atoms with E-state index in [4.69, 9.17) is 4.74 Å². The van der Waals surface area contributed by atoms with Crippen LogP contribution in [0.25, 0.3) is 0 Å². The summed E-state index contributed by atoms with van der Waals surface area (Å²) in [6.45, 7) is 5.52. The quantitative estimate of drug-likeness (QED) is 0.534. The van der Waals surface area contributed by atoms with E-state index in [0.29, 0.717) is 13.2 Å². The predicted octanol–water partition coefficient (Wildman–Crippen LogP) is -0.0254. The van der Waals surface area contributed by atoms with Gasteiger partial charge in [-0.3, -0.25) is 9.59 Å². The maximum atomic E-state index is 11.2. The van der Waals surface area contributed by atoms with Crippen LogP contribution in [0, 0.1) is 0 Å². The van der Waals surface area contributed by atoms with Crippen LogP contribution in [0.5, 0.6) is 0 Å². The van der Waals surface area contributed by atoms with Crippen molar-refractivity contribution in [2.24, 2.45) is 0 Å². The number of nitrogens with zero attached hydrogens (tertiary/aromatic N) is 2. The SMILES string of the molecule is CC(=O)N1CCOC(C)N1C(C)=O. The lowest BCUT2D eigenvalue weighted by molar-refractivity contribution is -0.210. The van der Waals surface area contributed by atoms with Crippen molar-refractivity contribution in [1.29, 1.82) is 0 Å². The Morgan fingerprint density at radius 3 is 2.31 bits per heavy atom. The van der Waals surface area contributed by atoms with E-state index >= 15 is 0 Å². The Hall–Kier alpha value is -1.10. The van der Waals surface area contributed by atoms with Crippen molar-refractivity contribution in [3.05, 3.63) is 0 Å². The number of carbonyl (C=O) groups excluding carboxylic acids is 2. The molecule has 0 aliphatic carbocycles. The molecule has 5 heteroatoms. The second-order valence-electron chi connectivity index (χ2n) is 2.98. The molecule has 0 saturated carbocycles. The zero-order chi connectivity index (χ0) is 10.0.